The molecule has 1 saturated carbocycles. The Hall–Kier alpha value is -1.16. The van der Waals surface area contributed by atoms with Gasteiger partial charge in [-0.15, -0.1) is 40.8 Å². The number of likely N-dealkylation sites (tertiary alicyclic amines) is 1. The zero-order valence-electron chi connectivity index (χ0n) is 16.7. The molecule has 2 heterocycles. The molecule has 2 N–H and O–H groups in total. The van der Waals surface area contributed by atoms with Gasteiger partial charge in [0.25, 0.3) is 0 Å². The molecule has 27 heavy (non-hydrogen) atoms. The molecule has 0 radical (unpaired) electrons. The van der Waals surface area contributed by atoms with E-state index >= 15 is 0 Å². The van der Waals surface area contributed by atoms with Gasteiger partial charge in [-0.25, -0.2) is 4.99 Å². The van der Waals surface area contributed by atoms with Gasteiger partial charge in [-0.1, -0.05) is 18.9 Å². The number of rotatable bonds is 6. The average molecular weight is 487 g/mol. The third-order valence-corrected chi connectivity index (χ3v) is 5.69. The Labute approximate surface area is 180 Å². The maximum Gasteiger partial charge on any atom is 0.192 e. The lowest BCUT2D eigenvalue weighted by molar-refractivity contribution is 0.150. The van der Waals surface area contributed by atoms with Crippen LogP contribution >= 0.6 is 24.0 Å². The Balaban J connectivity index is 0.00000261. The second kappa shape index (κ2) is 11.0. The normalized spacial score (nSPS) is 19.7. The van der Waals surface area contributed by atoms with Crippen LogP contribution in [0.15, 0.2) is 17.6 Å². The Morgan fingerprint density at radius 2 is 1.93 bits per heavy atom. The first-order valence-corrected chi connectivity index (χ1v) is 9.92. The quantitative estimate of drug-likeness (QED) is 0.279. The molecular weight excluding hydrogens is 453 g/mol. The SMILES string of the molecule is C=CCNC(=NCc1nnc(C)n1C)NC1CCN(C2CCCC2)CC1.I. The highest BCUT2D eigenvalue weighted by atomic mass is 127. The lowest BCUT2D eigenvalue weighted by atomic mass is 10.0. The zero-order valence-corrected chi connectivity index (χ0v) is 19.0. The number of halogens is 1. The fourth-order valence-electron chi connectivity index (χ4n) is 3.93. The smallest absolute Gasteiger partial charge is 0.192 e. The molecule has 7 nitrogen and oxygen atoms in total. The molecule has 1 aliphatic carbocycles. The zero-order chi connectivity index (χ0) is 18.4. The number of aromatic nitrogens is 3. The average Bonchev–Trinajstić information content (AvgIpc) is 3.30. The van der Waals surface area contributed by atoms with Crippen molar-refractivity contribution < 1.29 is 0 Å². The topological polar surface area (TPSA) is 70.4 Å². The predicted molar refractivity (Wildman–Crippen MR) is 120 cm³/mol. The largest absolute Gasteiger partial charge is 0.354 e. The van der Waals surface area contributed by atoms with Crippen LogP contribution in [0.25, 0.3) is 0 Å². The number of nitrogens with zero attached hydrogens (tertiary/aromatic N) is 5. The molecule has 1 aromatic heterocycles. The van der Waals surface area contributed by atoms with Crippen molar-refractivity contribution in [2.24, 2.45) is 12.0 Å². The van der Waals surface area contributed by atoms with Crippen molar-refractivity contribution in [3.8, 4) is 0 Å². The Kier molecular flexibility index (Phi) is 9.01. The van der Waals surface area contributed by atoms with Crippen LogP contribution in [0.1, 0.15) is 50.2 Å². The fraction of sp³-hybridized carbons (Fsp3) is 0.737. The highest BCUT2D eigenvalue weighted by Gasteiger charge is 2.27. The van der Waals surface area contributed by atoms with Crippen LogP contribution in [-0.2, 0) is 13.6 Å². The van der Waals surface area contributed by atoms with Gasteiger partial charge in [0.15, 0.2) is 11.8 Å². The standard InChI is InChI=1S/C19H33N7.HI/c1-4-11-20-19(21-14-18-24-23-15(2)25(18)3)22-16-9-12-26(13-10-16)17-7-5-6-8-17;/h4,16-17H,1,5-14H2,2-3H3,(H2,20,21,22);1H. The summed E-state index contributed by atoms with van der Waals surface area (Å²) in [6.45, 7) is 9.35. The summed E-state index contributed by atoms with van der Waals surface area (Å²) in [4.78, 5) is 7.40. The van der Waals surface area contributed by atoms with Crippen LogP contribution in [-0.4, -0.2) is 57.3 Å². The van der Waals surface area contributed by atoms with Gasteiger partial charge in [-0.2, -0.15) is 0 Å². The van der Waals surface area contributed by atoms with Crippen LogP contribution in [0.3, 0.4) is 0 Å². The Bertz CT molecular complexity index is 614. The summed E-state index contributed by atoms with van der Waals surface area (Å²) >= 11 is 0. The maximum atomic E-state index is 4.71. The van der Waals surface area contributed by atoms with Crippen molar-refractivity contribution in [3.63, 3.8) is 0 Å². The third-order valence-electron chi connectivity index (χ3n) is 5.69. The Morgan fingerprint density at radius 1 is 1.22 bits per heavy atom. The molecule has 8 heteroatoms. The number of aliphatic imine (C=N–C) groups is 1. The number of piperidine rings is 1. The van der Waals surface area contributed by atoms with E-state index in [0.717, 1.165) is 23.7 Å². The van der Waals surface area contributed by atoms with Crippen LogP contribution in [0.4, 0.5) is 0 Å². The molecule has 0 amide bonds. The van der Waals surface area contributed by atoms with E-state index in [2.05, 4.69) is 32.3 Å². The summed E-state index contributed by atoms with van der Waals surface area (Å²) < 4.78 is 1.98. The molecule has 0 bridgehead atoms. The molecule has 0 atom stereocenters. The van der Waals surface area contributed by atoms with Crippen LogP contribution in [0.2, 0.25) is 0 Å². The van der Waals surface area contributed by atoms with E-state index in [1.54, 1.807) is 0 Å². The van der Waals surface area contributed by atoms with Crippen molar-refractivity contribution in [1.29, 1.82) is 0 Å². The van der Waals surface area contributed by atoms with Gasteiger partial charge in [-0.3, -0.25) is 0 Å². The van der Waals surface area contributed by atoms with E-state index < -0.39 is 0 Å². The molecule has 0 aromatic carbocycles. The number of nitrogens with one attached hydrogen (secondary N) is 2. The summed E-state index contributed by atoms with van der Waals surface area (Å²) in [6.07, 6.45) is 9.81. The van der Waals surface area contributed by atoms with Gasteiger partial charge < -0.3 is 20.1 Å². The van der Waals surface area contributed by atoms with E-state index in [0.29, 0.717) is 19.1 Å². The van der Waals surface area contributed by atoms with Crippen molar-refractivity contribution in [2.45, 2.75) is 64.1 Å². The number of aryl methyl sites for hydroxylation is 1. The van der Waals surface area contributed by atoms with Crippen molar-refractivity contribution in [2.75, 3.05) is 19.6 Å². The predicted octanol–water partition coefficient (Wildman–Crippen LogP) is 2.37. The molecule has 0 unspecified atom stereocenters. The number of guanidine groups is 1. The van der Waals surface area contributed by atoms with Crippen LogP contribution in [0.5, 0.6) is 0 Å². The summed E-state index contributed by atoms with van der Waals surface area (Å²) in [5.74, 6) is 2.62. The first-order valence-electron chi connectivity index (χ1n) is 9.92. The summed E-state index contributed by atoms with van der Waals surface area (Å²) in [6, 6.07) is 1.31. The van der Waals surface area contributed by atoms with Gasteiger partial charge in [-0.05, 0) is 32.6 Å². The fourth-order valence-corrected chi connectivity index (χ4v) is 3.93. The summed E-state index contributed by atoms with van der Waals surface area (Å²) in [5, 5.41) is 15.2. The van der Waals surface area contributed by atoms with E-state index in [1.165, 1.54) is 51.6 Å². The van der Waals surface area contributed by atoms with Gasteiger partial charge in [0.05, 0.1) is 0 Å². The highest BCUT2D eigenvalue weighted by Crippen LogP contribution is 2.26. The van der Waals surface area contributed by atoms with Crippen molar-refractivity contribution >= 4 is 29.9 Å². The Morgan fingerprint density at radius 3 is 2.52 bits per heavy atom. The minimum absolute atomic E-state index is 0. The summed E-state index contributed by atoms with van der Waals surface area (Å²) in [5.41, 5.74) is 0. The van der Waals surface area contributed by atoms with Crippen LogP contribution in [0, 0.1) is 6.92 Å². The molecule has 0 spiro atoms. The molecule has 2 aliphatic rings. The molecule has 1 saturated heterocycles. The molecule has 1 aromatic rings. The first kappa shape index (κ1) is 22.1. The van der Waals surface area contributed by atoms with Crippen molar-refractivity contribution in [1.82, 2.24) is 30.3 Å². The van der Waals surface area contributed by atoms with E-state index in [-0.39, 0.29) is 24.0 Å². The van der Waals surface area contributed by atoms with E-state index in [1.807, 2.05) is 24.6 Å². The van der Waals surface area contributed by atoms with Crippen LogP contribution < -0.4 is 10.6 Å². The van der Waals surface area contributed by atoms with Gasteiger partial charge >= 0.3 is 0 Å². The molecule has 3 rings (SSSR count). The minimum Gasteiger partial charge on any atom is -0.354 e. The monoisotopic (exact) mass is 487 g/mol. The first-order chi connectivity index (χ1) is 12.7. The summed E-state index contributed by atoms with van der Waals surface area (Å²) in [7, 11) is 1.98. The van der Waals surface area contributed by atoms with Crippen molar-refractivity contribution in [3.05, 3.63) is 24.3 Å². The van der Waals surface area contributed by atoms with E-state index in [4.69, 9.17) is 4.99 Å². The lowest BCUT2D eigenvalue weighted by Crippen LogP contribution is -2.50. The second-order valence-corrected chi connectivity index (χ2v) is 7.45. The molecule has 2 fully saturated rings. The highest BCUT2D eigenvalue weighted by molar-refractivity contribution is 14.0. The van der Waals surface area contributed by atoms with Gasteiger partial charge in [0.2, 0.25) is 0 Å². The molecule has 1 aliphatic heterocycles. The second-order valence-electron chi connectivity index (χ2n) is 7.45. The van der Waals surface area contributed by atoms with Gasteiger partial charge in [0.1, 0.15) is 12.4 Å². The molecular formula is C19H34IN7. The molecule has 152 valence electrons. The number of hydrogen-bond donors (Lipinski definition) is 2. The third kappa shape index (κ3) is 6.17. The number of hydrogen-bond acceptors (Lipinski definition) is 4. The minimum atomic E-state index is 0. The lowest BCUT2D eigenvalue weighted by Gasteiger charge is -2.36. The van der Waals surface area contributed by atoms with E-state index in [9.17, 15) is 0 Å². The van der Waals surface area contributed by atoms with Gasteiger partial charge in [0, 0.05) is 38.8 Å². The maximum absolute atomic E-state index is 4.71.